The van der Waals surface area contributed by atoms with E-state index in [0.29, 0.717) is 18.5 Å². The molecule has 0 radical (unpaired) electrons. The summed E-state index contributed by atoms with van der Waals surface area (Å²) >= 11 is 0. The number of rotatable bonds is 2. The van der Waals surface area contributed by atoms with Crippen LogP contribution in [0.25, 0.3) is 0 Å². The van der Waals surface area contributed by atoms with Gasteiger partial charge in [-0.15, -0.1) is 0 Å². The Kier molecular flexibility index (Phi) is 3.26. The summed E-state index contributed by atoms with van der Waals surface area (Å²) in [6.45, 7) is 3.32. The molecule has 2 atom stereocenters. The molecule has 0 bridgehead atoms. The number of amides is 1. The maximum absolute atomic E-state index is 11.6. The molecular formula is C11H21N3O. The molecule has 2 N–H and O–H groups in total. The van der Waals surface area contributed by atoms with Crippen molar-refractivity contribution in [3.05, 3.63) is 0 Å². The molecule has 4 heteroatoms. The zero-order valence-corrected chi connectivity index (χ0v) is 9.48. The number of hydrogen-bond acceptors (Lipinski definition) is 3. The van der Waals surface area contributed by atoms with Gasteiger partial charge in [0.15, 0.2) is 0 Å². The largest absolute Gasteiger partial charge is 0.343 e. The van der Waals surface area contributed by atoms with E-state index in [1.807, 2.05) is 11.9 Å². The zero-order chi connectivity index (χ0) is 10.8. The van der Waals surface area contributed by atoms with Gasteiger partial charge in [-0.05, 0) is 31.7 Å². The van der Waals surface area contributed by atoms with E-state index in [9.17, 15) is 4.79 Å². The van der Waals surface area contributed by atoms with Gasteiger partial charge in [0.2, 0.25) is 5.91 Å². The molecule has 0 aromatic carbocycles. The third-order valence-electron chi connectivity index (χ3n) is 3.85. The van der Waals surface area contributed by atoms with Crippen LogP contribution in [-0.4, -0.2) is 55.0 Å². The quantitative estimate of drug-likeness (QED) is 0.693. The van der Waals surface area contributed by atoms with Gasteiger partial charge >= 0.3 is 0 Å². The van der Waals surface area contributed by atoms with Gasteiger partial charge in [0.05, 0.1) is 6.54 Å². The molecule has 86 valence electrons. The molecule has 0 aromatic heterocycles. The SMILES string of the molecule is CN1CCN(C2CCC(CN)C2)CC1=O. The lowest BCUT2D eigenvalue weighted by atomic mass is 10.1. The molecule has 1 aliphatic carbocycles. The molecule has 2 fully saturated rings. The molecule has 0 aromatic rings. The van der Waals surface area contributed by atoms with E-state index in [1.54, 1.807) is 0 Å². The van der Waals surface area contributed by atoms with Gasteiger partial charge in [0.1, 0.15) is 0 Å². The normalized spacial score (nSPS) is 33.7. The van der Waals surface area contributed by atoms with E-state index in [1.165, 1.54) is 19.3 Å². The molecule has 2 rings (SSSR count). The molecule has 15 heavy (non-hydrogen) atoms. The molecule has 0 spiro atoms. The third kappa shape index (κ3) is 2.32. The summed E-state index contributed by atoms with van der Waals surface area (Å²) < 4.78 is 0. The van der Waals surface area contributed by atoms with Crippen molar-refractivity contribution in [2.24, 2.45) is 11.7 Å². The van der Waals surface area contributed by atoms with Crippen LogP contribution in [0.2, 0.25) is 0 Å². The topological polar surface area (TPSA) is 49.6 Å². The van der Waals surface area contributed by atoms with Gasteiger partial charge in [-0.2, -0.15) is 0 Å². The molecular weight excluding hydrogens is 190 g/mol. The summed E-state index contributed by atoms with van der Waals surface area (Å²) in [4.78, 5) is 15.7. The Hall–Kier alpha value is -0.610. The van der Waals surface area contributed by atoms with Crippen molar-refractivity contribution in [2.45, 2.75) is 25.3 Å². The van der Waals surface area contributed by atoms with E-state index >= 15 is 0 Å². The van der Waals surface area contributed by atoms with E-state index in [2.05, 4.69) is 4.90 Å². The fourth-order valence-corrected chi connectivity index (χ4v) is 2.68. The molecule has 4 nitrogen and oxygen atoms in total. The number of carbonyl (C=O) groups excluding carboxylic acids is 1. The summed E-state index contributed by atoms with van der Waals surface area (Å²) in [5.41, 5.74) is 5.68. The lowest BCUT2D eigenvalue weighted by molar-refractivity contribution is -0.135. The molecule has 1 aliphatic heterocycles. The van der Waals surface area contributed by atoms with Crippen LogP contribution in [0, 0.1) is 5.92 Å². The lowest BCUT2D eigenvalue weighted by Crippen LogP contribution is -2.51. The predicted octanol–water partition coefficient (Wildman–Crippen LogP) is -0.112. The maximum Gasteiger partial charge on any atom is 0.236 e. The van der Waals surface area contributed by atoms with Gasteiger partial charge in [0, 0.05) is 26.2 Å². The first-order chi connectivity index (χ1) is 7.20. The monoisotopic (exact) mass is 211 g/mol. The average molecular weight is 211 g/mol. The predicted molar refractivity (Wildman–Crippen MR) is 59.4 cm³/mol. The number of piperazine rings is 1. The van der Waals surface area contributed by atoms with Crippen LogP contribution < -0.4 is 5.73 Å². The van der Waals surface area contributed by atoms with Crippen molar-refractivity contribution in [2.75, 3.05) is 33.2 Å². The molecule has 1 amide bonds. The maximum atomic E-state index is 11.6. The second kappa shape index (κ2) is 4.49. The second-order valence-electron chi connectivity index (χ2n) is 4.85. The van der Waals surface area contributed by atoms with E-state index in [4.69, 9.17) is 5.73 Å². The number of nitrogens with two attached hydrogens (primary N) is 1. The summed E-state index contributed by atoms with van der Waals surface area (Å²) in [7, 11) is 1.89. The molecule has 1 saturated carbocycles. The van der Waals surface area contributed by atoms with Crippen molar-refractivity contribution < 1.29 is 4.79 Å². The Labute approximate surface area is 91.4 Å². The summed E-state index contributed by atoms with van der Waals surface area (Å²) in [5, 5.41) is 0. The van der Waals surface area contributed by atoms with Crippen LogP contribution >= 0.6 is 0 Å². The van der Waals surface area contributed by atoms with Gasteiger partial charge < -0.3 is 10.6 Å². The van der Waals surface area contributed by atoms with Crippen LogP contribution in [0.3, 0.4) is 0 Å². The minimum absolute atomic E-state index is 0.262. The van der Waals surface area contributed by atoms with Crippen LogP contribution in [0.4, 0.5) is 0 Å². The standard InChI is InChI=1S/C11H21N3O/c1-13-4-5-14(8-11(13)15)10-3-2-9(6-10)7-12/h9-10H,2-8,12H2,1H3. The van der Waals surface area contributed by atoms with Crippen LogP contribution in [0.1, 0.15) is 19.3 Å². The number of hydrogen-bond donors (Lipinski definition) is 1. The molecule has 1 saturated heterocycles. The Morgan fingerprint density at radius 3 is 2.80 bits per heavy atom. The highest BCUT2D eigenvalue weighted by atomic mass is 16.2. The Bertz CT molecular complexity index is 244. The van der Waals surface area contributed by atoms with E-state index in [-0.39, 0.29) is 5.91 Å². The van der Waals surface area contributed by atoms with Crippen LogP contribution in [0.15, 0.2) is 0 Å². The number of likely N-dealkylation sites (N-methyl/N-ethyl adjacent to an activating group) is 1. The fraction of sp³-hybridized carbons (Fsp3) is 0.909. The summed E-state index contributed by atoms with van der Waals surface area (Å²) in [5.74, 6) is 0.946. The zero-order valence-electron chi connectivity index (χ0n) is 9.48. The number of nitrogens with zero attached hydrogens (tertiary/aromatic N) is 2. The first kappa shape index (κ1) is 10.9. The number of carbonyl (C=O) groups is 1. The third-order valence-corrected chi connectivity index (χ3v) is 3.85. The second-order valence-corrected chi connectivity index (χ2v) is 4.85. The first-order valence-electron chi connectivity index (χ1n) is 5.88. The fourth-order valence-electron chi connectivity index (χ4n) is 2.68. The highest BCUT2D eigenvalue weighted by molar-refractivity contribution is 5.78. The van der Waals surface area contributed by atoms with Crippen LogP contribution in [-0.2, 0) is 4.79 Å². The van der Waals surface area contributed by atoms with Gasteiger partial charge in [-0.3, -0.25) is 9.69 Å². The van der Waals surface area contributed by atoms with Crippen LogP contribution in [0.5, 0.6) is 0 Å². The first-order valence-corrected chi connectivity index (χ1v) is 5.88. The van der Waals surface area contributed by atoms with Crippen molar-refractivity contribution in [1.82, 2.24) is 9.80 Å². The average Bonchev–Trinajstić information content (AvgIpc) is 2.70. The van der Waals surface area contributed by atoms with Crippen molar-refractivity contribution in [3.8, 4) is 0 Å². The minimum atomic E-state index is 0.262. The Morgan fingerprint density at radius 1 is 1.40 bits per heavy atom. The Balaban J connectivity index is 1.87. The molecule has 2 unspecified atom stereocenters. The minimum Gasteiger partial charge on any atom is -0.343 e. The highest BCUT2D eigenvalue weighted by Gasteiger charge is 2.32. The Morgan fingerprint density at radius 2 is 2.20 bits per heavy atom. The smallest absolute Gasteiger partial charge is 0.236 e. The van der Waals surface area contributed by atoms with Gasteiger partial charge in [-0.25, -0.2) is 0 Å². The summed E-state index contributed by atoms with van der Waals surface area (Å²) in [6.07, 6.45) is 3.65. The van der Waals surface area contributed by atoms with Crippen molar-refractivity contribution in [3.63, 3.8) is 0 Å². The van der Waals surface area contributed by atoms with E-state index < -0.39 is 0 Å². The van der Waals surface area contributed by atoms with Gasteiger partial charge in [0.25, 0.3) is 0 Å². The van der Waals surface area contributed by atoms with Gasteiger partial charge in [-0.1, -0.05) is 0 Å². The molecule has 2 aliphatic rings. The molecule has 1 heterocycles. The lowest BCUT2D eigenvalue weighted by Gasteiger charge is -2.35. The van der Waals surface area contributed by atoms with Crippen molar-refractivity contribution >= 4 is 5.91 Å². The highest BCUT2D eigenvalue weighted by Crippen LogP contribution is 2.29. The summed E-state index contributed by atoms with van der Waals surface area (Å²) in [6, 6.07) is 0.608. The van der Waals surface area contributed by atoms with E-state index in [0.717, 1.165) is 19.6 Å². The van der Waals surface area contributed by atoms with Crippen molar-refractivity contribution in [1.29, 1.82) is 0 Å².